The number of aromatic nitrogens is 4. The molecule has 0 fully saturated rings. The quantitative estimate of drug-likeness (QED) is 0.167. The lowest BCUT2D eigenvalue weighted by atomic mass is 10.0. The van der Waals surface area contributed by atoms with Gasteiger partial charge in [0.1, 0.15) is 22.3 Å². The standard InChI is InChI=1S/C57H34N4O2/c1-2-12-35(13-3-1)36-24-26-37(27-25-36)38-28-31-40(32-29-38)61-48-20-7-4-14-41(48)42-33-30-39(34-49(42)61)55-58-56(46-18-11-23-52-53(46)45-16-6-9-22-51(45)62-52)60-57(59-55)47-19-10-17-44-43-15-5-8-21-50(43)63-54(44)47/h1-34H. The van der Waals surface area contributed by atoms with Crippen LogP contribution in [0.2, 0.25) is 0 Å². The fraction of sp³-hybridized carbons (Fsp3) is 0. The Morgan fingerprint density at radius 1 is 0.317 bits per heavy atom. The summed E-state index contributed by atoms with van der Waals surface area (Å²) in [5, 5.41) is 6.34. The van der Waals surface area contributed by atoms with Gasteiger partial charge in [0.05, 0.1) is 16.6 Å². The van der Waals surface area contributed by atoms with Crippen molar-refractivity contribution in [1.82, 2.24) is 19.5 Å². The molecule has 4 heterocycles. The fourth-order valence-electron chi connectivity index (χ4n) is 9.31. The molecule has 0 saturated heterocycles. The molecule has 4 aromatic heterocycles. The summed E-state index contributed by atoms with van der Waals surface area (Å²) in [6.45, 7) is 0. The molecule has 13 rings (SSSR count). The van der Waals surface area contributed by atoms with E-state index in [1.54, 1.807) is 0 Å². The number of para-hydroxylation sites is 4. The molecule has 9 aromatic carbocycles. The van der Waals surface area contributed by atoms with E-state index in [1.165, 1.54) is 22.1 Å². The molecule has 0 amide bonds. The van der Waals surface area contributed by atoms with Crippen LogP contribution in [0, 0.1) is 0 Å². The first-order valence-electron chi connectivity index (χ1n) is 21.1. The van der Waals surface area contributed by atoms with Crippen molar-refractivity contribution in [2.24, 2.45) is 0 Å². The average Bonchev–Trinajstić information content (AvgIpc) is 4.04. The highest BCUT2D eigenvalue weighted by Crippen LogP contribution is 2.40. The van der Waals surface area contributed by atoms with Crippen LogP contribution in [-0.2, 0) is 0 Å². The van der Waals surface area contributed by atoms with Gasteiger partial charge >= 0.3 is 0 Å². The van der Waals surface area contributed by atoms with Crippen molar-refractivity contribution in [3.63, 3.8) is 0 Å². The van der Waals surface area contributed by atoms with Crippen molar-refractivity contribution >= 4 is 65.7 Å². The van der Waals surface area contributed by atoms with Crippen molar-refractivity contribution in [3.05, 3.63) is 206 Å². The van der Waals surface area contributed by atoms with Gasteiger partial charge in [-0.05, 0) is 70.8 Å². The summed E-state index contributed by atoms with van der Waals surface area (Å²) in [5.41, 5.74) is 13.7. The first-order chi connectivity index (χ1) is 31.2. The van der Waals surface area contributed by atoms with Gasteiger partial charge < -0.3 is 13.4 Å². The fourth-order valence-corrected chi connectivity index (χ4v) is 9.31. The number of nitrogens with zero attached hydrogens (tertiary/aromatic N) is 4. The monoisotopic (exact) mass is 806 g/mol. The molecule has 0 aliphatic heterocycles. The highest BCUT2D eigenvalue weighted by Gasteiger charge is 2.21. The van der Waals surface area contributed by atoms with Crippen LogP contribution in [0.25, 0.3) is 128 Å². The van der Waals surface area contributed by atoms with Crippen molar-refractivity contribution in [2.45, 2.75) is 0 Å². The molecule has 0 aliphatic rings. The van der Waals surface area contributed by atoms with Crippen molar-refractivity contribution < 1.29 is 8.83 Å². The Kier molecular flexibility index (Phi) is 7.80. The van der Waals surface area contributed by atoms with E-state index in [0.29, 0.717) is 17.5 Å². The van der Waals surface area contributed by atoms with Gasteiger partial charge in [-0.25, -0.2) is 15.0 Å². The summed E-state index contributed by atoms with van der Waals surface area (Å²) in [6.07, 6.45) is 0. The minimum absolute atomic E-state index is 0.525. The number of fused-ring (bicyclic) bond motifs is 9. The minimum atomic E-state index is 0.525. The molecule has 0 bridgehead atoms. The number of hydrogen-bond acceptors (Lipinski definition) is 5. The van der Waals surface area contributed by atoms with Gasteiger partial charge in [0.2, 0.25) is 0 Å². The number of hydrogen-bond donors (Lipinski definition) is 0. The normalized spacial score (nSPS) is 11.8. The molecule has 0 N–H and O–H groups in total. The van der Waals surface area contributed by atoms with E-state index >= 15 is 0 Å². The summed E-state index contributed by atoms with van der Waals surface area (Å²) >= 11 is 0. The number of rotatable bonds is 6. The molecule has 0 spiro atoms. The second kappa shape index (κ2) is 14.0. The third-order valence-corrected chi connectivity index (χ3v) is 12.3. The Morgan fingerprint density at radius 3 is 1.62 bits per heavy atom. The maximum Gasteiger partial charge on any atom is 0.167 e. The lowest BCUT2D eigenvalue weighted by molar-refractivity contribution is 0.668. The Balaban J connectivity index is 0.988. The molecule has 0 atom stereocenters. The first kappa shape index (κ1) is 35.2. The third kappa shape index (κ3) is 5.69. The van der Waals surface area contributed by atoms with Crippen LogP contribution in [0.4, 0.5) is 0 Å². The highest BCUT2D eigenvalue weighted by molar-refractivity contribution is 6.13. The van der Waals surface area contributed by atoms with E-state index < -0.39 is 0 Å². The smallest absolute Gasteiger partial charge is 0.167 e. The molecule has 294 valence electrons. The minimum Gasteiger partial charge on any atom is -0.456 e. The summed E-state index contributed by atoms with van der Waals surface area (Å²) in [4.78, 5) is 15.8. The van der Waals surface area contributed by atoms with E-state index in [4.69, 9.17) is 23.8 Å². The zero-order chi connectivity index (χ0) is 41.4. The molecule has 0 radical (unpaired) electrons. The van der Waals surface area contributed by atoms with Crippen LogP contribution < -0.4 is 0 Å². The molecule has 0 unspecified atom stereocenters. The lowest BCUT2D eigenvalue weighted by Crippen LogP contribution is -2.01. The van der Waals surface area contributed by atoms with Gasteiger partial charge in [0.15, 0.2) is 17.5 Å². The van der Waals surface area contributed by atoms with Crippen molar-refractivity contribution in [2.75, 3.05) is 0 Å². The maximum atomic E-state index is 6.54. The second-order valence-corrected chi connectivity index (χ2v) is 15.9. The zero-order valence-corrected chi connectivity index (χ0v) is 33.7. The topological polar surface area (TPSA) is 69.9 Å². The predicted octanol–water partition coefficient (Wildman–Crippen LogP) is 15.1. The number of furan rings is 2. The molecular formula is C57H34N4O2. The van der Waals surface area contributed by atoms with Gasteiger partial charge in [-0.15, -0.1) is 0 Å². The van der Waals surface area contributed by atoms with Crippen LogP contribution in [0.1, 0.15) is 0 Å². The number of benzene rings is 9. The van der Waals surface area contributed by atoms with Crippen molar-refractivity contribution in [3.8, 4) is 62.1 Å². The van der Waals surface area contributed by atoms with Gasteiger partial charge in [-0.3, -0.25) is 0 Å². The summed E-state index contributed by atoms with van der Waals surface area (Å²) in [5.74, 6) is 1.63. The van der Waals surface area contributed by atoms with Gasteiger partial charge in [-0.2, -0.15) is 0 Å². The van der Waals surface area contributed by atoms with Crippen LogP contribution in [-0.4, -0.2) is 19.5 Å². The van der Waals surface area contributed by atoms with Gasteiger partial charge in [0.25, 0.3) is 0 Å². The molecule has 6 nitrogen and oxygen atoms in total. The third-order valence-electron chi connectivity index (χ3n) is 12.3. The van der Waals surface area contributed by atoms with E-state index in [-0.39, 0.29) is 0 Å². The van der Waals surface area contributed by atoms with Crippen LogP contribution in [0.5, 0.6) is 0 Å². The predicted molar refractivity (Wildman–Crippen MR) is 256 cm³/mol. The molecule has 0 saturated carbocycles. The van der Waals surface area contributed by atoms with E-state index in [2.05, 4.69) is 144 Å². The van der Waals surface area contributed by atoms with Crippen LogP contribution in [0.3, 0.4) is 0 Å². The van der Waals surface area contributed by atoms with E-state index in [9.17, 15) is 0 Å². The summed E-state index contributed by atoms with van der Waals surface area (Å²) in [7, 11) is 0. The van der Waals surface area contributed by atoms with E-state index in [0.717, 1.165) is 88.2 Å². The second-order valence-electron chi connectivity index (χ2n) is 15.9. The van der Waals surface area contributed by atoms with Gasteiger partial charge in [0, 0.05) is 49.1 Å². The lowest BCUT2D eigenvalue weighted by Gasteiger charge is -2.12. The van der Waals surface area contributed by atoms with Crippen molar-refractivity contribution in [1.29, 1.82) is 0 Å². The first-order valence-corrected chi connectivity index (χ1v) is 21.1. The maximum absolute atomic E-state index is 6.54. The zero-order valence-electron chi connectivity index (χ0n) is 33.7. The van der Waals surface area contributed by atoms with Gasteiger partial charge in [-0.1, -0.05) is 158 Å². The average molecular weight is 807 g/mol. The largest absolute Gasteiger partial charge is 0.456 e. The molecule has 0 aliphatic carbocycles. The van der Waals surface area contributed by atoms with E-state index in [1.807, 2.05) is 66.7 Å². The molecule has 6 heteroatoms. The molecule has 63 heavy (non-hydrogen) atoms. The Labute approximate surface area is 361 Å². The van der Waals surface area contributed by atoms with Crippen LogP contribution >= 0.6 is 0 Å². The molecular weight excluding hydrogens is 773 g/mol. The highest BCUT2D eigenvalue weighted by atomic mass is 16.3. The Hall–Kier alpha value is -8.61. The van der Waals surface area contributed by atoms with Crippen LogP contribution in [0.15, 0.2) is 215 Å². The molecule has 13 aromatic rings. The SMILES string of the molecule is c1ccc(-c2ccc(-c3ccc(-n4c5ccccc5c5ccc(-c6nc(-c7cccc8c7oc7ccccc78)nc(-c7cccc8oc9ccccc9c78)n6)cc54)cc3)cc2)cc1. The summed E-state index contributed by atoms with van der Waals surface area (Å²) in [6, 6.07) is 71.7. The Morgan fingerprint density at radius 2 is 0.841 bits per heavy atom. The Bertz CT molecular complexity index is 3900. The summed E-state index contributed by atoms with van der Waals surface area (Å²) < 4.78 is 15.2.